The van der Waals surface area contributed by atoms with Crippen LogP contribution in [0.15, 0.2) is 65.6 Å². The molecule has 1 heterocycles. The van der Waals surface area contributed by atoms with Crippen LogP contribution in [0.5, 0.6) is 0 Å². The maximum Gasteiger partial charge on any atom is 0.261 e. The highest BCUT2D eigenvalue weighted by Gasteiger charge is 2.21. The number of allylic oxidation sites excluding steroid dienone is 4. The zero-order valence-electron chi connectivity index (χ0n) is 16.7. The molecule has 0 spiro atoms. The summed E-state index contributed by atoms with van der Waals surface area (Å²) in [6.45, 7) is 2.40. The Hall–Kier alpha value is -3.10. The Morgan fingerprint density at radius 2 is 1.68 bits per heavy atom. The topological polar surface area (TPSA) is 83.6 Å². The summed E-state index contributed by atoms with van der Waals surface area (Å²) < 4.78 is 41.6. The summed E-state index contributed by atoms with van der Waals surface area (Å²) in [6, 6.07) is 9.61. The molecule has 160 valence electrons. The number of hydrogen-bond donors (Lipinski definition) is 1. The number of nitrogens with one attached hydrogen (secondary N) is 1. The molecule has 2 aromatic carbocycles. The second-order valence-corrected chi connectivity index (χ2v) is 9.25. The van der Waals surface area contributed by atoms with Gasteiger partial charge in [0.15, 0.2) is 11.6 Å². The van der Waals surface area contributed by atoms with Gasteiger partial charge < -0.3 is 0 Å². The summed E-state index contributed by atoms with van der Waals surface area (Å²) in [4.78, 5) is 26.2. The number of carbonyl (C=O) groups excluding carboxylic acids is 2. The lowest BCUT2D eigenvalue weighted by molar-refractivity contribution is -0.113. The number of anilines is 1. The normalized spacial score (nSPS) is 17.1. The van der Waals surface area contributed by atoms with Gasteiger partial charge in [0.05, 0.1) is 10.6 Å². The van der Waals surface area contributed by atoms with E-state index in [-0.39, 0.29) is 22.0 Å². The molecule has 1 aliphatic carbocycles. The predicted molar refractivity (Wildman–Crippen MR) is 115 cm³/mol. The summed E-state index contributed by atoms with van der Waals surface area (Å²) in [5, 5.41) is 0. The highest BCUT2D eigenvalue weighted by Crippen LogP contribution is 2.29. The molecular formula is C23H21FN2O4S. The van der Waals surface area contributed by atoms with Crippen molar-refractivity contribution >= 4 is 32.9 Å². The zero-order valence-corrected chi connectivity index (χ0v) is 17.5. The van der Waals surface area contributed by atoms with Crippen molar-refractivity contribution in [2.24, 2.45) is 0 Å². The van der Waals surface area contributed by atoms with E-state index in [0.717, 1.165) is 43.6 Å². The highest BCUT2D eigenvalue weighted by molar-refractivity contribution is 7.92. The molecular weight excluding hydrogens is 419 g/mol. The van der Waals surface area contributed by atoms with Gasteiger partial charge in [-0.2, -0.15) is 0 Å². The molecule has 0 radical (unpaired) electrons. The van der Waals surface area contributed by atoms with E-state index < -0.39 is 15.8 Å². The van der Waals surface area contributed by atoms with Gasteiger partial charge in [-0.15, -0.1) is 0 Å². The van der Waals surface area contributed by atoms with Gasteiger partial charge in [0, 0.05) is 12.1 Å². The quantitative estimate of drug-likeness (QED) is 0.697. The van der Waals surface area contributed by atoms with E-state index in [1.807, 2.05) is 0 Å². The van der Waals surface area contributed by atoms with Crippen molar-refractivity contribution in [1.82, 2.24) is 4.90 Å². The van der Waals surface area contributed by atoms with Crippen LogP contribution in [0.2, 0.25) is 0 Å². The first-order valence-electron chi connectivity index (χ1n) is 9.94. The van der Waals surface area contributed by atoms with Crippen molar-refractivity contribution in [1.29, 1.82) is 0 Å². The number of sulfonamides is 1. The van der Waals surface area contributed by atoms with E-state index in [9.17, 15) is 22.4 Å². The first kappa shape index (κ1) is 21.1. The van der Waals surface area contributed by atoms with Crippen LogP contribution in [0.4, 0.5) is 10.1 Å². The van der Waals surface area contributed by atoms with Gasteiger partial charge in [-0.05, 0) is 85.6 Å². The van der Waals surface area contributed by atoms with Crippen LogP contribution in [-0.2, 0) is 26.2 Å². The van der Waals surface area contributed by atoms with Gasteiger partial charge in [0.1, 0.15) is 5.82 Å². The van der Waals surface area contributed by atoms with E-state index in [4.69, 9.17) is 0 Å². The number of likely N-dealkylation sites (tertiary alicyclic amines) is 1. The molecule has 0 saturated carbocycles. The second-order valence-electron chi connectivity index (χ2n) is 7.57. The van der Waals surface area contributed by atoms with Gasteiger partial charge >= 0.3 is 0 Å². The van der Waals surface area contributed by atoms with Crippen LogP contribution in [0.3, 0.4) is 0 Å². The molecule has 31 heavy (non-hydrogen) atoms. The van der Waals surface area contributed by atoms with Crippen molar-refractivity contribution in [3.05, 3.63) is 77.6 Å². The summed E-state index contributed by atoms with van der Waals surface area (Å²) in [5.41, 5.74) is 1.73. The van der Waals surface area contributed by atoms with Crippen LogP contribution < -0.4 is 4.72 Å². The maximum atomic E-state index is 13.2. The Bertz CT molecular complexity index is 1190. The highest BCUT2D eigenvalue weighted by atomic mass is 32.2. The first-order chi connectivity index (χ1) is 14.8. The second kappa shape index (κ2) is 8.56. The third kappa shape index (κ3) is 4.81. The van der Waals surface area contributed by atoms with E-state index in [1.165, 1.54) is 30.4 Å². The van der Waals surface area contributed by atoms with Crippen molar-refractivity contribution in [3.8, 4) is 0 Å². The summed E-state index contributed by atoms with van der Waals surface area (Å²) >= 11 is 0. The Balaban J connectivity index is 1.72. The van der Waals surface area contributed by atoms with Gasteiger partial charge in [-0.25, -0.2) is 12.8 Å². The Morgan fingerprint density at radius 1 is 0.968 bits per heavy atom. The standard InChI is InChI=1S/C23H21FN2O4S/c24-18-5-8-20(9-6-18)31(29,30)25-22-13-16(21-14-19(27)7-10-23(21)28)3-4-17(22)15-26-11-1-2-12-26/h3-10,13-14,25H,1-2,11-12,15H2. The van der Waals surface area contributed by atoms with Crippen LogP contribution in [0, 0.1) is 5.82 Å². The molecule has 0 atom stereocenters. The molecule has 0 bridgehead atoms. The Labute approximate surface area is 180 Å². The van der Waals surface area contributed by atoms with Crippen LogP contribution in [0.25, 0.3) is 5.57 Å². The zero-order chi connectivity index (χ0) is 22.0. The van der Waals surface area contributed by atoms with Crippen LogP contribution in [0.1, 0.15) is 24.0 Å². The lowest BCUT2D eigenvalue weighted by atomic mass is 9.95. The molecule has 1 N–H and O–H groups in total. The van der Waals surface area contributed by atoms with Gasteiger partial charge in [-0.3, -0.25) is 19.2 Å². The molecule has 2 aliphatic rings. The summed E-state index contributed by atoms with van der Waals surface area (Å²) in [5.74, 6) is -1.15. The monoisotopic (exact) mass is 440 g/mol. The molecule has 1 fully saturated rings. The van der Waals surface area contributed by atoms with Crippen molar-refractivity contribution in [2.75, 3.05) is 17.8 Å². The number of carbonyl (C=O) groups is 2. The first-order valence-corrected chi connectivity index (χ1v) is 11.4. The number of rotatable bonds is 6. The predicted octanol–water partition coefficient (Wildman–Crippen LogP) is 3.31. The van der Waals surface area contributed by atoms with Gasteiger partial charge in [0.25, 0.3) is 10.0 Å². The number of benzene rings is 2. The van der Waals surface area contributed by atoms with Gasteiger partial charge in [-0.1, -0.05) is 12.1 Å². The lowest BCUT2D eigenvalue weighted by Gasteiger charge is -2.20. The van der Waals surface area contributed by atoms with E-state index in [0.29, 0.717) is 17.8 Å². The molecule has 1 saturated heterocycles. The maximum absolute atomic E-state index is 13.2. The average Bonchev–Trinajstić information content (AvgIpc) is 3.24. The SMILES string of the molecule is O=C1C=CC(=O)C(c2ccc(CN3CCCC3)c(NS(=O)(=O)c3ccc(F)cc3)c2)=C1. The van der Waals surface area contributed by atoms with E-state index in [2.05, 4.69) is 9.62 Å². The smallest absolute Gasteiger partial charge is 0.261 e. The van der Waals surface area contributed by atoms with Crippen LogP contribution in [-0.4, -0.2) is 38.0 Å². The van der Waals surface area contributed by atoms with Crippen LogP contribution >= 0.6 is 0 Å². The molecule has 8 heteroatoms. The van der Waals surface area contributed by atoms with Gasteiger partial charge in [0.2, 0.25) is 0 Å². The van der Waals surface area contributed by atoms with E-state index in [1.54, 1.807) is 18.2 Å². The fourth-order valence-corrected chi connectivity index (χ4v) is 4.80. The number of halogens is 1. The lowest BCUT2D eigenvalue weighted by Crippen LogP contribution is -2.21. The third-order valence-electron chi connectivity index (χ3n) is 5.33. The minimum atomic E-state index is -3.98. The van der Waals surface area contributed by atoms with E-state index >= 15 is 0 Å². The Morgan fingerprint density at radius 3 is 2.39 bits per heavy atom. The molecule has 6 nitrogen and oxygen atoms in total. The van der Waals surface area contributed by atoms with Crippen molar-refractivity contribution in [3.63, 3.8) is 0 Å². The minimum Gasteiger partial charge on any atom is -0.299 e. The fraction of sp³-hybridized carbons (Fsp3) is 0.217. The molecule has 4 rings (SSSR count). The molecule has 0 unspecified atom stereocenters. The fourth-order valence-electron chi connectivity index (χ4n) is 3.71. The van der Waals surface area contributed by atoms with Crippen molar-refractivity contribution < 1.29 is 22.4 Å². The van der Waals surface area contributed by atoms with Crippen molar-refractivity contribution in [2.45, 2.75) is 24.3 Å². The minimum absolute atomic E-state index is 0.0718. The summed E-state index contributed by atoms with van der Waals surface area (Å²) in [7, 11) is -3.98. The average molecular weight is 440 g/mol. The number of ketones is 2. The third-order valence-corrected chi connectivity index (χ3v) is 6.71. The largest absolute Gasteiger partial charge is 0.299 e. The molecule has 1 aliphatic heterocycles. The number of hydrogen-bond acceptors (Lipinski definition) is 5. The number of nitrogens with zero attached hydrogens (tertiary/aromatic N) is 1. The Kier molecular flexibility index (Phi) is 5.84. The molecule has 0 amide bonds. The summed E-state index contributed by atoms with van der Waals surface area (Å²) in [6.07, 6.45) is 5.83. The molecule has 0 aromatic heterocycles. The molecule has 2 aromatic rings.